The molecule has 0 spiro atoms. The van der Waals surface area contributed by atoms with Crippen molar-refractivity contribution in [3.63, 3.8) is 0 Å². The number of primary amides is 1. The molecule has 0 saturated carbocycles. The second-order valence-electron chi connectivity index (χ2n) is 8.70. The number of aromatic nitrogens is 2. The van der Waals surface area contributed by atoms with Gasteiger partial charge in [-0.05, 0) is 51.2 Å². The predicted octanol–water partition coefficient (Wildman–Crippen LogP) is 3.46. The van der Waals surface area contributed by atoms with Gasteiger partial charge in [-0.15, -0.1) is 0 Å². The third-order valence-electron chi connectivity index (χ3n) is 6.34. The summed E-state index contributed by atoms with van der Waals surface area (Å²) >= 11 is 5.93. The Kier molecular flexibility index (Phi) is 7.16. The average Bonchev–Trinajstić information content (AvgIpc) is 2.82. The van der Waals surface area contributed by atoms with E-state index in [0.29, 0.717) is 48.4 Å². The number of hydrogen-bond acceptors (Lipinski definition) is 7. The Morgan fingerprint density at radius 1 is 1.32 bits per heavy atom. The summed E-state index contributed by atoms with van der Waals surface area (Å²) in [6.45, 7) is 2.59. The molecule has 1 fully saturated rings. The van der Waals surface area contributed by atoms with Crippen molar-refractivity contribution in [3.8, 4) is 5.75 Å². The van der Waals surface area contributed by atoms with Gasteiger partial charge in [0.2, 0.25) is 5.91 Å². The fraction of sp³-hybridized carbons (Fsp3) is 0.375. The van der Waals surface area contributed by atoms with Gasteiger partial charge in [-0.3, -0.25) is 4.79 Å². The number of rotatable bonds is 8. The van der Waals surface area contributed by atoms with E-state index in [0.717, 1.165) is 18.7 Å². The van der Waals surface area contributed by atoms with Crippen LogP contribution in [0.3, 0.4) is 0 Å². The van der Waals surface area contributed by atoms with E-state index in [-0.39, 0.29) is 16.6 Å². The number of carbonyl (C=O) groups is 1. The number of carbonyl (C=O) groups excluding carboxylic acids is 1. The summed E-state index contributed by atoms with van der Waals surface area (Å²) < 4.78 is 20.1. The number of amides is 1. The number of nitrogens with two attached hydrogens (primary N) is 1. The Morgan fingerprint density at radius 2 is 2.09 bits per heavy atom. The molecule has 180 valence electrons. The average molecular weight is 487 g/mol. The van der Waals surface area contributed by atoms with E-state index in [9.17, 15) is 9.18 Å². The van der Waals surface area contributed by atoms with E-state index in [1.807, 2.05) is 19.2 Å². The molecule has 4 rings (SSSR count). The monoisotopic (exact) mass is 486 g/mol. The zero-order chi connectivity index (χ0) is 24.3. The summed E-state index contributed by atoms with van der Waals surface area (Å²) in [4.78, 5) is 23.1. The molecule has 0 bridgehead atoms. The van der Waals surface area contributed by atoms with Crippen molar-refractivity contribution in [2.75, 3.05) is 39.1 Å². The lowest BCUT2D eigenvalue weighted by molar-refractivity contribution is -0.130. The first-order valence-corrected chi connectivity index (χ1v) is 11.4. The van der Waals surface area contributed by atoms with Crippen molar-refractivity contribution in [2.45, 2.75) is 19.4 Å². The minimum atomic E-state index is -0.565. The van der Waals surface area contributed by atoms with Crippen molar-refractivity contribution < 1.29 is 13.9 Å². The van der Waals surface area contributed by atoms with Gasteiger partial charge in [0.15, 0.2) is 5.82 Å². The van der Waals surface area contributed by atoms with Crippen LogP contribution in [-0.4, -0.2) is 54.6 Å². The molecule has 34 heavy (non-hydrogen) atoms. The van der Waals surface area contributed by atoms with Crippen LogP contribution in [0.15, 0.2) is 36.7 Å². The molecule has 2 heterocycles. The van der Waals surface area contributed by atoms with Gasteiger partial charge in [-0.25, -0.2) is 14.4 Å². The Balaban J connectivity index is 1.65. The summed E-state index contributed by atoms with van der Waals surface area (Å²) in [5, 5.41) is 7.04. The third-order valence-corrected chi connectivity index (χ3v) is 6.63. The zero-order valence-corrected chi connectivity index (χ0v) is 20.0. The number of anilines is 2. The molecule has 8 nitrogen and oxygen atoms in total. The molecule has 0 radical (unpaired) electrons. The lowest BCUT2D eigenvalue weighted by atomic mass is 9.77. The first kappa shape index (κ1) is 24.1. The minimum Gasteiger partial charge on any atom is -0.496 e. The van der Waals surface area contributed by atoms with Crippen LogP contribution in [0.1, 0.15) is 18.4 Å². The summed E-state index contributed by atoms with van der Waals surface area (Å²) in [5.74, 6) is 0.291. The largest absolute Gasteiger partial charge is 0.496 e. The van der Waals surface area contributed by atoms with Gasteiger partial charge in [0.25, 0.3) is 0 Å². The first-order chi connectivity index (χ1) is 16.3. The fourth-order valence-corrected chi connectivity index (χ4v) is 4.70. The highest BCUT2D eigenvalue weighted by Gasteiger charge is 2.38. The summed E-state index contributed by atoms with van der Waals surface area (Å²) in [7, 11) is 3.56. The van der Waals surface area contributed by atoms with Gasteiger partial charge >= 0.3 is 0 Å². The van der Waals surface area contributed by atoms with E-state index in [1.54, 1.807) is 19.2 Å². The predicted molar refractivity (Wildman–Crippen MR) is 131 cm³/mol. The highest BCUT2D eigenvalue weighted by atomic mass is 35.5. The maximum Gasteiger partial charge on any atom is 0.225 e. The minimum absolute atomic E-state index is 0.0219. The second kappa shape index (κ2) is 10.1. The molecule has 0 atom stereocenters. The normalized spacial score (nSPS) is 15.4. The molecular weight excluding hydrogens is 459 g/mol. The maximum atomic E-state index is 14.5. The lowest BCUT2D eigenvalue weighted by Gasteiger charge is -2.37. The number of nitrogens with zero attached hydrogens (tertiary/aromatic N) is 3. The lowest BCUT2D eigenvalue weighted by Crippen LogP contribution is -2.51. The van der Waals surface area contributed by atoms with Crippen LogP contribution in [0, 0.1) is 11.2 Å². The smallest absolute Gasteiger partial charge is 0.225 e. The molecule has 2 aromatic carbocycles. The molecule has 10 heteroatoms. The Labute approximate surface area is 202 Å². The number of methoxy groups -OCH3 is 1. The molecule has 1 aliphatic heterocycles. The van der Waals surface area contributed by atoms with Gasteiger partial charge < -0.3 is 26.0 Å². The van der Waals surface area contributed by atoms with Crippen LogP contribution in [0.25, 0.3) is 10.9 Å². The Hall–Kier alpha value is -3.01. The fourth-order valence-electron chi connectivity index (χ4n) is 4.52. The molecule has 3 aromatic rings. The van der Waals surface area contributed by atoms with Crippen molar-refractivity contribution in [3.05, 3.63) is 53.1 Å². The van der Waals surface area contributed by atoms with Gasteiger partial charge in [0, 0.05) is 30.1 Å². The van der Waals surface area contributed by atoms with Crippen LogP contribution < -0.4 is 21.1 Å². The third kappa shape index (κ3) is 4.91. The number of nitrogens with one attached hydrogen (secondary N) is 2. The molecule has 4 N–H and O–H groups in total. The van der Waals surface area contributed by atoms with Gasteiger partial charge in [0.1, 0.15) is 17.9 Å². The number of halogens is 2. The van der Waals surface area contributed by atoms with Crippen molar-refractivity contribution >= 4 is 39.9 Å². The number of fused-ring (bicyclic) bond motifs is 1. The molecule has 0 aliphatic carbocycles. The topological polar surface area (TPSA) is 105 Å². The maximum absolute atomic E-state index is 14.5. The molecule has 1 saturated heterocycles. The van der Waals surface area contributed by atoms with Crippen LogP contribution in [0.4, 0.5) is 15.9 Å². The van der Waals surface area contributed by atoms with Crippen molar-refractivity contribution in [2.24, 2.45) is 11.1 Å². The number of piperidine rings is 1. The highest BCUT2D eigenvalue weighted by Crippen LogP contribution is 2.34. The SMILES string of the molecule is COc1cc2ncnc(Nc3cccc(Cl)c3F)c2cc1CN(C)CC1(C(N)=O)CCNCC1. The van der Waals surface area contributed by atoms with E-state index in [4.69, 9.17) is 22.1 Å². The summed E-state index contributed by atoms with van der Waals surface area (Å²) in [6.07, 6.45) is 2.81. The standard InChI is InChI=1S/C24H28ClFN6O2/c1-32(13-24(23(27)33)6-8-28-9-7-24)12-15-10-16-19(11-20(15)34-2)29-14-30-22(16)31-18-5-3-4-17(25)21(18)26/h3-5,10-11,14,28H,6-9,12-13H2,1-2H3,(H2,27,33)(H,29,30,31). The van der Waals surface area contributed by atoms with E-state index in [1.165, 1.54) is 12.4 Å². The number of hydrogen-bond donors (Lipinski definition) is 3. The van der Waals surface area contributed by atoms with Crippen LogP contribution >= 0.6 is 11.6 Å². The van der Waals surface area contributed by atoms with Crippen molar-refractivity contribution in [1.29, 1.82) is 0 Å². The van der Waals surface area contributed by atoms with Crippen LogP contribution in [0.2, 0.25) is 5.02 Å². The van der Waals surface area contributed by atoms with E-state index in [2.05, 4.69) is 25.5 Å². The summed E-state index contributed by atoms with van der Waals surface area (Å²) in [6, 6.07) is 8.49. The van der Waals surface area contributed by atoms with Gasteiger partial charge in [-0.1, -0.05) is 17.7 Å². The Bertz CT molecular complexity index is 1200. The number of ether oxygens (including phenoxy) is 1. The first-order valence-electron chi connectivity index (χ1n) is 11.0. The van der Waals surface area contributed by atoms with E-state index < -0.39 is 11.2 Å². The second-order valence-corrected chi connectivity index (χ2v) is 9.10. The zero-order valence-electron chi connectivity index (χ0n) is 19.2. The quantitative estimate of drug-likeness (QED) is 0.447. The van der Waals surface area contributed by atoms with Crippen LogP contribution in [-0.2, 0) is 11.3 Å². The molecule has 1 aliphatic rings. The summed E-state index contributed by atoms with van der Waals surface area (Å²) in [5.41, 5.74) is 6.99. The van der Waals surface area contributed by atoms with E-state index >= 15 is 0 Å². The number of benzene rings is 2. The molecule has 1 aromatic heterocycles. The van der Waals surface area contributed by atoms with Gasteiger partial charge in [0.05, 0.1) is 28.8 Å². The molecular formula is C24H28ClFN6O2. The molecule has 0 unspecified atom stereocenters. The van der Waals surface area contributed by atoms with Crippen molar-refractivity contribution in [1.82, 2.24) is 20.2 Å². The Morgan fingerprint density at radius 3 is 2.79 bits per heavy atom. The molecule has 1 amide bonds. The highest BCUT2D eigenvalue weighted by molar-refractivity contribution is 6.31. The van der Waals surface area contributed by atoms with Gasteiger partial charge in [-0.2, -0.15) is 0 Å². The van der Waals surface area contributed by atoms with Crippen LogP contribution in [0.5, 0.6) is 5.75 Å².